The van der Waals surface area contributed by atoms with Gasteiger partial charge in [0, 0.05) is 19.2 Å². The molecule has 4 heteroatoms. The van der Waals surface area contributed by atoms with Crippen LogP contribution in [0.15, 0.2) is 0 Å². The van der Waals surface area contributed by atoms with Gasteiger partial charge in [-0.1, -0.05) is 0 Å². The monoisotopic (exact) mass is 214 g/mol. The second-order valence-electron chi connectivity index (χ2n) is 4.09. The molecule has 0 aromatic carbocycles. The minimum absolute atomic E-state index is 0.119. The first-order valence-electron chi connectivity index (χ1n) is 5.89. The number of amides is 1. The summed E-state index contributed by atoms with van der Waals surface area (Å²) < 4.78 is 0. The van der Waals surface area contributed by atoms with Crippen LogP contribution in [0.1, 0.15) is 32.6 Å². The van der Waals surface area contributed by atoms with Crippen molar-refractivity contribution in [1.29, 1.82) is 0 Å². The third kappa shape index (κ3) is 5.14. The molecule has 1 aliphatic rings. The number of carbonyl (C=O) groups is 1. The maximum atomic E-state index is 11.4. The zero-order chi connectivity index (χ0) is 11.1. The smallest absolute Gasteiger partial charge is 0.234 e. The van der Waals surface area contributed by atoms with Gasteiger partial charge in [0.2, 0.25) is 5.91 Å². The van der Waals surface area contributed by atoms with Gasteiger partial charge in [0.05, 0.1) is 6.54 Å². The summed E-state index contributed by atoms with van der Waals surface area (Å²) in [4.78, 5) is 13.7. The SMILES string of the molecule is CCNC(=O)CN(CCCCO)C1CC1. The lowest BCUT2D eigenvalue weighted by Crippen LogP contribution is -2.38. The van der Waals surface area contributed by atoms with Gasteiger partial charge in [-0.2, -0.15) is 0 Å². The molecular formula is C11H22N2O2. The molecule has 0 aromatic rings. The van der Waals surface area contributed by atoms with Crippen molar-refractivity contribution in [2.45, 2.75) is 38.6 Å². The van der Waals surface area contributed by atoms with E-state index in [-0.39, 0.29) is 12.5 Å². The number of aliphatic hydroxyl groups is 1. The summed E-state index contributed by atoms with van der Waals surface area (Å²) in [6, 6.07) is 0.617. The quantitative estimate of drug-likeness (QED) is 0.574. The van der Waals surface area contributed by atoms with E-state index < -0.39 is 0 Å². The second kappa shape index (κ2) is 6.80. The number of hydrogen-bond donors (Lipinski definition) is 2. The fourth-order valence-corrected chi connectivity index (χ4v) is 1.69. The Morgan fingerprint density at radius 2 is 2.20 bits per heavy atom. The van der Waals surface area contributed by atoms with Gasteiger partial charge in [0.25, 0.3) is 0 Å². The maximum Gasteiger partial charge on any atom is 0.234 e. The minimum Gasteiger partial charge on any atom is -0.396 e. The van der Waals surface area contributed by atoms with Crippen LogP contribution in [0.2, 0.25) is 0 Å². The minimum atomic E-state index is 0.119. The molecule has 0 aromatic heterocycles. The van der Waals surface area contributed by atoms with Crippen molar-refractivity contribution < 1.29 is 9.90 Å². The van der Waals surface area contributed by atoms with Crippen LogP contribution in [0.5, 0.6) is 0 Å². The van der Waals surface area contributed by atoms with Gasteiger partial charge in [-0.15, -0.1) is 0 Å². The van der Waals surface area contributed by atoms with Gasteiger partial charge in [0.1, 0.15) is 0 Å². The standard InChI is InChI=1S/C11H22N2O2/c1-2-12-11(15)9-13(10-5-6-10)7-3-4-8-14/h10,14H,2-9H2,1H3,(H,12,15). The van der Waals surface area contributed by atoms with Crippen LogP contribution >= 0.6 is 0 Å². The summed E-state index contributed by atoms with van der Waals surface area (Å²) in [5.74, 6) is 0.119. The Morgan fingerprint density at radius 3 is 2.73 bits per heavy atom. The van der Waals surface area contributed by atoms with E-state index in [1.807, 2.05) is 6.92 Å². The van der Waals surface area contributed by atoms with E-state index in [1.54, 1.807) is 0 Å². The van der Waals surface area contributed by atoms with Crippen molar-refractivity contribution in [2.75, 3.05) is 26.2 Å². The number of rotatable bonds is 8. The van der Waals surface area contributed by atoms with E-state index in [4.69, 9.17) is 5.11 Å². The Bertz CT molecular complexity index is 193. The highest BCUT2D eigenvalue weighted by Gasteiger charge is 2.29. The lowest BCUT2D eigenvalue weighted by atomic mass is 10.3. The largest absolute Gasteiger partial charge is 0.396 e. The number of nitrogens with one attached hydrogen (secondary N) is 1. The van der Waals surface area contributed by atoms with Crippen LogP contribution in [-0.2, 0) is 4.79 Å². The van der Waals surface area contributed by atoms with Gasteiger partial charge < -0.3 is 10.4 Å². The summed E-state index contributed by atoms with van der Waals surface area (Å²) in [7, 11) is 0. The van der Waals surface area contributed by atoms with Crippen LogP contribution in [-0.4, -0.2) is 48.2 Å². The zero-order valence-electron chi connectivity index (χ0n) is 9.54. The molecule has 0 bridgehead atoms. The van der Waals surface area contributed by atoms with Gasteiger partial charge in [-0.05, 0) is 39.2 Å². The molecule has 88 valence electrons. The molecule has 0 aliphatic heterocycles. The number of hydrogen-bond acceptors (Lipinski definition) is 3. The van der Waals surface area contributed by atoms with E-state index >= 15 is 0 Å². The first-order chi connectivity index (χ1) is 7.27. The average molecular weight is 214 g/mol. The third-order valence-corrected chi connectivity index (χ3v) is 2.64. The lowest BCUT2D eigenvalue weighted by molar-refractivity contribution is -0.122. The van der Waals surface area contributed by atoms with Crippen molar-refractivity contribution in [3.8, 4) is 0 Å². The Morgan fingerprint density at radius 1 is 1.47 bits per heavy atom. The van der Waals surface area contributed by atoms with E-state index in [9.17, 15) is 4.79 Å². The highest BCUT2D eigenvalue weighted by molar-refractivity contribution is 5.78. The molecule has 0 unspecified atom stereocenters. The Balaban J connectivity index is 2.20. The van der Waals surface area contributed by atoms with Crippen LogP contribution in [0, 0.1) is 0 Å². The Kier molecular flexibility index (Phi) is 5.65. The summed E-state index contributed by atoms with van der Waals surface area (Å²) in [5, 5.41) is 11.5. The molecule has 0 atom stereocenters. The summed E-state index contributed by atoms with van der Waals surface area (Å²) in [5.41, 5.74) is 0. The fraction of sp³-hybridized carbons (Fsp3) is 0.909. The molecule has 1 amide bonds. The van der Waals surface area contributed by atoms with Gasteiger partial charge in [-0.3, -0.25) is 9.69 Å². The molecule has 1 aliphatic carbocycles. The Labute approximate surface area is 91.6 Å². The normalized spacial score (nSPS) is 15.7. The van der Waals surface area contributed by atoms with Crippen molar-refractivity contribution in [2.24, 2.45) is 0 Å². The molecule has 2 N–H and O–H groups in total. The van der Waals surface area contributed by atoms with Crippen molar-refractivity contribution in [3.05, 3.63) is 0 Å². The molecular weight excluding hydrogens is 192 g/mol. The van der Waals surface area contributed by atoms with E-state index in [0.29, 0.717) is 19.1 Å². The van der Waals surface area contributed by atoms with Crippen molar-refractivity contribution >= 4 is 5.91 Å². The third-order valence-electron chi connectivity index (χ3n) is 2.64. The summed E-state index contributed by atoms with van der Waals surface area (Å²) >= 11 is 0. The first-order valence-corrected chi connectivity index (χ1v) is 5.89. The van der Waals surface area contributed by atoms with Crippen LogP contribution in [0.3, 0.4) is 0 Å². The van der Waals surface area contributed by atoms with Crippen LogP contribution in [0.25, 0.3) is 0 Å². The van der Waals surface area contributed by atoms with Crippen molar-refractivity contribution in [1.82, 2.24) is 10.2 Å². The number of likely N-dealkylation sites (N-methyl/N-ethyl adjacent to an activating group) is 1. The molecule has 0 heterocycles. The van der Waals surface area contributed by atoms with Crippen LogP contribution < -0.4 is 5.32 Å². The van der Waals surface area contributed by atoms with E-state index in [1.165, 1.54) is 12.8 Å². The van der Waals surface area contributed by atoms with Gasteiger partial charge >= 0.3 is 0 Å². The number of aliphatic hydroxyl groups excluding tert-OH is 1. The first kappa shape index (κ1) is 12.5. The van der Waals surface area contributed by atoms with E-state index in [0.717, 1.165) is 19.4 Å². The average Bonchev–Trinajstić information content (AvgIpc) is 3.00. The molecule has 15 heavy (non-hydrogen) atoms. The number of carbonyl (C=O) groups excluding carboxylic acids is 1. The maximum absolute atomic E-state index is 11.4. The molecule has 1 rings (SSSR count). The summed E-state index contributed by atoms with van der Waals surface area (Å²) in [6.07, 6.45) is 4.25. The number of unbranched alkanes of at least 4 members (excludes halogenated alkanes) is 1. The van der Waals surface area contributed by atoms with Gasteiger partial charge in [-0.25, -0.2) is 0 Å². The highest BCUT2D eigenvalue weighted by atomic mass is 16.2. The molecule has 1 fully saturated rings. The van der Waals surface area contributed by atoms with E-state index in [2.05, 4.69) is 10.2 Å². The summed E-state index contributed by atoms with van der Waals surface area (Å²) in [6.45, 7) is 4.34. The molecule has 1 saturated carbocycles. The molecule has 0 saturated heterocycles. The van der Waals surface area contributed by atoms with Crippen molar-refractivity contribution in [3.63, 3.8) is 0 Å². The zero-order valence-corrected chi connectivity index (χ0v) is 9.54. The molecule has 4 nitrogen and oxygen atoms in total. The predicted molar refractivity (Wildman–Crippen MR) is 59.6 cm³/mol. The number of nitrogens with zero attached hydrogens (tertiary/aromatic N) is 1. The second-order valence-corrected chi connectivity index (χ2v) is 4.09. The Hall–Kier alpha value is -0.610. The van der Waals surface area contributed by atoms with Gasteiger partial charge in [0.15, 0.2) is 0 Å². The lowest BCUT2D eigenvalue weighted by Gasteiger charge is -2.20. The highest BCUT2D eigenvalue weighted by Crippen LogP contribution is 2.26. The molecule has 0 spiro atoms. The van der Waals surface area contributed by atoms with Crippen LogP contribution in [0.4, 0.5) is 0 Å². The molecule has 0 radical (unpaired) electrons. The predicted octanol–water partition coefficient (Wildman–Crippen LogP) is 0.359. The fourth-order valence-electron chi connectivity index (χ4n) is 1.69. The topological polar surface area (TPSA) is 52.6 Å².